The Morgan fingerprint density at radius 1 is 1.50 bits per heavy atom. The molecule has 0 aliphatic carbocycles. The minimum absolute atomic E-state index is 0.0973. The topological polar surface area (TPSA) is 58.6 Å². The van der Waals surface area contributed by atoms with Crippen LogP contribution in [0.5, 0.6) is 0 Å². The molecule has 2 aromatic rings. The van der Waals surface area contributed by atoms with Crippen molar-refractivity contribution in [1.82, 2.24) is 5.32 Å². The van der Waals surface area contributed by atoms with E-state index in [2.05, 4.69) is 5.32 Å². The predicted molar refractivity (Wildman–Crippen MR) is 85.7 cm³/mol. The van der Waals surface area contributed by atoms with Crippen LogP contribution in [-0.2, 0) is 11.3 Å². The largest absolute Gasteiger partial charge is 0.396 e. The normalized spacial score (nSPS) is 12.5. The Hall–Kier alpha value is -1.50. The number of aliphatic hydroxyl groups is 1. The van der Waals surface area contributed by atoms with E-state index in [4.69, 9.17) is 9.84 Å². The van der Waals surface area contributed by atoms with Crippen molar-refractivity contribution < 1.29 is 19.0 Å². The Bertz CT molecular complexity index is 656. The van der Waals surface area contributed by atoms with Crippen LogP contribution in [0, 0.1) is 11.7 Å². The summed E-state index contributed by atoms with van der Waals surface area (Å²) in [6.45, 7) is 2.72. The van der Waals surface area contributed by atoms with Crippen LogP contribution in [0.2, 0.25) is 0 Å². The predicted octanol–water partition coefficient (Wildman–Crippen LogP) is 2.94. The first kappa shape index (κ1) is 16.9. The third kappa shape index (κ3) is 3.63. The number of carbonyl (C=O) groups is 1. The van der Waals surface area contributed by atoms with Gasteiger partial charge in [0.2, 0.25) is 0 Å². The Morgan fingerprint density at radius 2 is 2.27 bits per heavy atom. The lowest BCUT2D eigenvalue weighted by molar-refractivity contribution is 0.0945. The summed E-state index contributed by atoms with van der Waals surface area (Å²) in [6, 6.07) is 4.82. The average molecular weight is 325 g/mol. The number of methoxy groups -OCH3 is 1. The maximum absolute atomic E-state index is 14.1. The second kappa shape index (κ2) is 7.67. The van der Waals surface area contributed by atoms with Crippen LogP contribution in [-0.4, -0.2) is 31.3 Å². The van der Waals surface area contributed by atoms with Crippen molar-refractivity contribution in [3.63, 3.8) is 0 Å². The second-order valence-electron chi connectivity index (χ2n) is 5.28. The van der Waals surface area contributed by atoms with Crippen LogP contribution in [0.15, 0.2) is 18.2 Å². The number of carbonyl (C=O) groups excluding carboxylic acids is 1. The maximum atomic E-state index is 14.1. The Labute approximate surface area is 132 Å². The molecular formula is C16H20FNO3S. The molecule has 1 aromatic carbocycles. The standard InChI is InChI=1S/C16H20FNO3S/c1-10(6-7-19)8-18-16(20)15-11(9-21-2)14-12(17)4-3-5-13(14)22-15/h3-5,10,19H,6-9H2,1-2H3,(H,18,20). The van der Waals surface area contributed by atoms with E-state index in [0.29, 0.717) is 28.8 Å². The maximum Gasteiger partial charge on any atom is 0.261 e. The number of ether oxygens (including phenoxy) is 1. The zero-order valence-corrected chi connectivity index (χ0v) is 13.5. The molecule has 2 N–H and O–H groups in total. The summed E-state index contributed by atoms with van der Waals surface area (Å²) in [4.78, 5) is 12.9. The van der Waals surface area contributed by atoms with E-state index in [1.54, 1.807) is 12.1 Å². The summed E-state index contributed by atoms with van der Waals surface area (Å²) in [5.41, 5.74) is 0.591. The third-order valence-electron chi connectivity index (χ3n) is 3.49. The Balaban J connectivity index is 2.28. The number of hydrogen-bond acceptors (Lipinski definition) is 4. The van der Waals surface area contributed by atoms with Gasteiger partial charge in [0.05, 0.1) is 11.5 Å². The monoisotopic (exact) mass is 325 g/mol. The van der Waals surface area contributed by atoms with E-state index in [1.165, 1.54) is 24.5 Å². The van der Waals surface area contributed by atoms with Crippen LogP contribution in [0.4, 0.5) is 4.39 Å². The van der Waals surface area contributed by atoms with Gasteiger partial charge in [0, 0.05) is 35.9 Å². The van der Waals surface area contributed by atoms with E-state index < -0.39 is 0 Å². The quantitative estimate of drug-likeness (QED) is 0.823. The summed E-state index contributed by atoms with van der Waals surface area (Å²) < 4.78 is 19.9. The fraction of sp³-hybridized carbons (Fsp3) is 0.438. The molecule has 0 fully saturated rings. The van der Waals surface area contributed by atoms with Gasteiger partial charge in [-0.25, -0.2) is 4.39 Å². The van der Waals surface area contributed by atoms with E-state index in [0.717, 1.165) is 4.70 Å². The molecule has 1 atom stereocenters. The lowest BCUT2D eigenvalue weighted by atomic mass is 10.1. The first-order valence-corrected chi connectivity index (χ1v) is 7.98. The highest BCUT2D eigenvalue weighted by Gasteiger charge is 2.20. The SMILES string of the molecule is COCc1c(C(=O)NCC(C)CCO)sc2cccc(F)c12. The molecule has 1 unspecified atom stereocenters. The van der Waals surface area contributed by atoms with Gasteiger partial charge in [-0.05, 0) is 24.5 Å². The van der Waals surface area contributed by atoms with Crippen LogP contribution in [0.1, 0.15) is 28.6 Å². The summed E-state index contributed by atoms with van der Waals surface area (Å²) in [6.07, 6.45) is 0.631. The molecule has 0 spiro atoms. The molecule has 1 aromatic heterocycles. The number of nitrogens with one attached hydrogen (secondary N) is 1. The third-order valence-corrected chi connectivity index (χ3v) is 4.69. The highest BCUT2D eigenvalue weighted by Crippen LogP contribution is 2.33. The molecule has 0 radical (unpaired) electrons. The minimum atomic E-state index is -0.339. The molecule has 120 valence electrons. The van der Waals surface area contributed by atoms with Crippen molar-refractivity contribution in [2.45, 2.75) is 20.0 Å². The molecule has 1 heterocycles. The highest BCUT2D eigenvalue weighted by molar-refractivity contribution is 7.21. The van der Waals surface area contributed by atoms with Gasteiger partial charge in [-0.3, -0.25) is 4.79 Å². The first-order chi connectivity index (χ1) is 10.6. The second-order valence-corrected chi connectivity index (χ2v) is 6.34. The number of rotatable bonds is 7. The summed E-state index contributed by atoms with van der Waals surface area (Å²) in [7, 11) is 1.52. The zero-order valence-electron chi connectivity index (χ0n) is 12.7. The minimum Gasteiger partial charge on any atom is -0.396 e. The fourth-order valence-corrected chi connectivity index (χ4v) is 3.44. The molecular weight excluding hydrogens is 305 g/mol. The zero-order chi connectivity index (χ0) is 16.1. The molecule has 22 heavy (non-hydrogen) atoms. The molecule has 0 aliphatic rings. The smallest absolute Gasteiger partial charge is 0.261 e. The van der Waals surface area contributed by atoms with E-state index in [9.17, 15) is 9.18 Å². The highest BCUT2D eigenvalue weighted by atomic mass is 32.1. The number of fused-ring (bicyclic) bond motifs is 1. The number of halogens is 1. The lowest BCUT2D eigenvalue weighted by Gasteiger charge is -2.11. The van der Waals surface area contributed by atoms with Gasteiger partial charge in [0.1, 0.15) is 5.82 Å². The average Bonchev–Trinajstić information content (AvgIpc) is 2.86. The van der Waals surface area contributed by atoms with Crippen molar-refractivity contribution in [1.29, 1.82) is 0 Å². The van der Waals surface area contributed by atoms with Crippen LogP contribution in [0.3, 0.4) is 0 Å². The van der Waals surface area contributed by atoms with Crippen molar-refractivity contribution in [2.24, 2.45) is 5.92 Å². The van der Waals surface area contributed by atoms with Crippen molar-refractivity contribution in [3.8, 4) is 0 Å². The molecule has 6 heteroatoms. The van der Waals surface area contributed by atoms with Gasteiger partial charge in [-0.2, -0.15) is 0 Å². The molecule has 1 amide bonds. The number of hydrogen-bond donors (Lipinski definition) is 2. The summed E-state index contributed by atoms with van der Waals surface area (Å²) >= 11 is 1.27. The van der Waals surface area contributed by atoms with Gasteiger partial charge >= 0.3 is 0 Å². The molecule has 2 rings (SSSR count). The van der Waals surface area contributed by atoms with Gasteiger partial charge < -0.3 is 15.2 Å². The van der Waals surface area contributed by atoms with Gasteiger partial charge in [0.15, 0.2) is 0 Å². The van der Waals surface area contributed by atoms with Gasteiger partial charge in [-0.15, -0.1) is 11.3 Å². The molecule has 4 nitrogen and oxygen atoms in total. The molecule has 0 saturated heterocycles. The van der Waals surface area contributed by atoms with Crippen molar-refractivity contribution in [2.75, 3.05) is 20.3 Å². The van der Waals surface area contributed by atoms with Crippen molar-refractivity contribution >= 4 is 27.3 Å². The van der Waals surface area contributed by atoms with Gasteiger partial charge in [-0.1, -0.05) is 13.0 Å². The van der Waals surface area contributed by atoms with E-state index in [1.807, 2.05) is 6.92 Å². The molecule has 0 saturated carbocycles. The van der Waals surface area contributed by atoms with Crippen LogP contribution in [0.25, 0.3) is 10.1 Å². The molecule has 0 aliphatic heterocycles. The van der Waals surface area contributed by atoms with E-state index >= 15 is 0 Å². The fourth-order valence-electron chi connectivity index (χ4n) is 2.30. The molecule has 0 bridgehead atoms. The number of amides is 1. The Kier molecular flexibility index (Phi) is 5.88. The van der Waals surface area contributed by atoms with Crippen molar-refractivity contribution in [3.05, 3.63) is 34.5 Å². The summed E-state index contributed by atoms with van der Waals surface area (Å²) in [5, 5.41) is 12.2. The Morgan fingerprint density at radius 3 is 2.95 bits per heavy atom. The number of benzene rings is 1. The summed E-state index contributed by atoms with van der Waals surface area (Å²) in [5.74, 6) is -0.378. The number of aliphatic hydroxyl groups excluding tert-OH is 1. The first-order valence-electron chi connectivity index (χ1n) is 7.16. The number of thiophene rings is 1. The lowest BCUT2D eigenvalue weighted by Crippen LogP contribution is -2.28. The van der Waals surface area contributed by atoms with E-state index in [-0.39, 0.29) is 30.9 Å². The van der Waals surface area contributed by atoms with Crippen LogP contribution < -0.4 is 5.32 Å². The van der Waals surface area contributed by atoms with Gasteiger partial charge in [0.25, 0.3) is 5.91 Å². The van der Waals surface area contributed by atoms with Crippen LogP contribution >= 0.6 is 11.3 Å².